The quantitative estimate of drug-likeness (QED) is 0.832. The molecular weight excluding hydrogens is 306 g/mol. The Morgan fingerprint density at radius 1 is 1.35 bits per heavy atom. The monoisotopic (exact) mass is 324 g/mol. The number of hydrogen-bond donors (Lipinski definition) is 2. The third kappa shape index (κ3) is 2.55. The first-order valence-electron chi connectivity index (χ1n) is 7.99. The molecule has 0 aliphatic heterocycles. The fraction of sp³-hybridized carbons (Fsp3) is 0.333. The van der Waals surface area contributed by atoms with Gasteiger partial charge in [-0.3, -0.25) is 0 Å². The van der Waals surface area contributed by atoms with Gasteiger partial charge in [0.15, 0.2) is 0 Å². The first-order chi connectivity index (χ1) is 11.0. The Hall–Kier alpha value is -1.81. The van der Waals surface area contributed by atoms with Gasteiger partial charge < -0.3 is 0 Å². The van der Waals surface area contributed by atoms with Crippen molar-refractivity contribution in [1.29, 1.82) is 0 Å². The molecular formula is C18H18BClN2O. The minimum absolute atomic E-state index is 0.252. The Morgan fingerprint density at radius 2 is 2.17 bits per heavy atom. The second kappa shape index (κ2) is 5.38. The molecule has 0 saturated carbocycles. The molecule has 2 aromatic rings. The number of carbonyl (C=O) groups excluding carboxylic acids is 1. The van der Waals surface area contributed by atoms with Gasteiger partial charge in [0.1, 0.15) is 0 Å². The number of benzene rings is 1. The summed E-state index contributed by atoms with van der Waals surface area (Å²) in [5, 5.41) is 2.91. The van der Waals surface area contributed by atoms with Crippen LogP contribution < -0.4 is 11.5 Å². The molecule has 0 saturated heterocycles. The maximum absolute atomic E-state index is 11.3. The molecule has 0 spiro atoms. The van der Waals surface area contributed by atoms with Crippen molar-refractivity contribution in [3.63, 3.8) is 0 Å². The number of nitrogens with two attached hydrogens (primary N) is 2. The normalized spacial score (nSPS) is 22.4. The Kier molecular flexibility index (Phi) is 3.45. The van der Waals surface area contributed by atoms with Gasteiger partial charge in [-0.05, 0) is 0 Å². The van der Waals surface area contributed by atoms with Gasteiger partial charge in [-0.2, -0.15) is 0 Å². The van der Waals surface area contributed by atoms with Crippen molar-refractivity contribution in [3.8, 4) is 0 Å². The molecule has 1 amide bonds. The number of hydrogen-bond acceptors (Lipinski definition) is 2. The second-order valence-corrected chi connectivity index (χ2v) is 7.23. The number of rotatable bonds is 2. The van der Waals surface area contributed by atoms with Gasteiger partial charge in [-0.15, -0.1) is 0 Å². The van der Waals surface area contributed by atoms with Crippen LogP contribution in [0.3, 0.4) is 0 Å². The first kappa shape index (κ1) is 14.8. The Balaban J connectivity index is 1.82. The minimum atomic E-state index is -0.252. The van der Waals surface area contributed by atoms with Crippen LogP contribution >= 0.6 is 11.6 Å². The Morgan fingerprint density at radius 3 is 2.96 bits per heavy atom. The second-order valence-electron chi connectivity index (χ2n) is 6.80. The summed E-state index contributed by atoms with van der Waals surface area (Å²) >= 11 is 6.12. The number of fused-ring (bicyclic) bond motifs is 5. The van der Waals surface area contributed by atoms with Gasteiger partial charge in [-0.25, -0.2) is 0 Å². The van der Waals surface area contributed by atoms with Crippen LogP contribution in [0.25, 0.3) is 10.7 Å². The van der Waals surface area contributed by atoms with E-state index in [0.717, 1.165) is 40.6 Å². The van der Waals surface area contributed by atoms with E-state index in [1.165, 1.54) is 16.6 Å². The molecule has 4 rings (SSSR count). The molecule has 5 heteroatoms. The number of primary amides is 1. The zero-order chi connectivity index (χ0) is 16.1. The molecule has 1 aromatic carbocycles. The predicted molar refractivity (Wildman–Crippen MR) is 95.8 cm³/mol. The van der Waals surface area contributed by atoms with Gasteiger partial charge in [-0.1, -0.05) is 0 Å². The molecule has 2 aliphatic rings. The molecule has 2 aliphatic carbocycles. The summed E-state index contributed by atoms with van der Waals surface area (Å²) in [5.74, 6) is 0.618. The SMILES string of the molecule is NC(=O)CC1=CC2Cc3bc4cc(Cl)ccc4c(N)c3C(C1)C2. The molecule has 0 fully saturated rings. The predicted octanol–water partition coefficient (Wildman–Crippen LogP) is 3.27. The number of carbonyl (C=O) groups is 1. The van der Waals surface area contributed by atoms with Crippen molar-refractivity contribution in [2.45, 2.75) is 31.6 Å². The average molecular weight is 325 g/mol. The molecule has 1 heterocycles. The van der Waals surface area contributed by atoms with Crippen LogP contribution in [0.15, 0.2) is 29.8 Å². The summed E-state index contributed by atoms with van der Waals surface area (Å²) in [6, 6.07) is 5.87. The molecule has 1 aromatic heterocycles. The molecule has 2 bridgehead atoms. The molecule has 4 N–H and O–H groups in total. The fourth-order valence-electron chi connectivity index (χ4n) is 4.37. The zero-order valence-electron chi connectivity index (χ0n) is 12.8. The van der Waals surface area contributed by atoms with Gasteiger partial charge in [0.25, 0.3) is 0 Å². The van der Waals surface area contributed by atoms with E-state index in [2.05, 4.69) is 13.0 Å². The van der Waals surface area contributed by atoms with Crippen LogP contribution in [0.5, 0.6) is 0 Å². The standard InChI is InChI=1S/C18H18BClN2O/c20-12-1-2-13-14(8-12)19-15-6-9-3-10(7-16(21)23)5-11(4-9)17(15)18(13)22/h1-3,8-9,11H,4-7,22H2,(H2,21,23). The van der Waals surface area contributed by atoms with Crippen LogP contribution in [0.4, 0.5) is 5.69 Å². The van der Waals surface area contributed by atoms with Crippen molar-refractivity contribution >= 4 is 40.8 Å². The average Bonchev–Trinajstić information content (AvgIpc) is 2.45. The summed E-state index contributed by atoms with van der Waals surface area (Å²) < 4.78 is 0. The van der Waals surface area contributed by atoms with Crippen LogP contribution in [0.2, 0.25) is 5.02 Å². The summed E-state index contributed by atoms with van der Waals surface area (Å²) in [6.45, 7) is 2.24. The molecule has 116 valence electrons. The van der Waals surface area contributed by atoms with E-state index in [1.807, 2.05) is 18.2 Å². The first-order valence-corrected chi connectivity index (χ1v) is 8.37. The molecule has 2 atom stereocenters. The topological polar surface area (TPSA) is 69.1 Å². The van der Waals surface area contributed by atoms with Gasteiger partial charge >= 0.3 is 140 Å². The van der Waals surface area contributed by atoms with Crippen LogP contribution in [0, 0.1) is 5.92 Å². The van der Waals surface area contributed by atoms with E-state index in [0.29, 0.717) is 18.3 Å². The zero-order valence-corrected chi connectivity index (χ0v) is 13.6. The number of amides is 1. The van der Waals surface area contributed by atoms with Crippen LogP contribution in [-0.2, 0) is 11.2 Å². The molecule has 3 nitrogen and oxygen atoms in total. The van der Waals surface area contributed by atoms with E-state index < -0.39 is 0 Å². The third-order valence-corrected chi connectivity index (χ3v) is 5.36. The van der Waals surface area contributed by atoms with Crippen molar-refractivity contribution < 1.29 is 4.79 Å². The van der Waals surface area contributed by atoms with E-state index in [-0.39, 0.29) is 5.91 Å². The fourth-order valence-corrected chi connectivity index (χ4v) is 4.55. The van der Waals surface area contributed by atoms with Crippen molar-refractivity contribution in [1.82, 2.24) is 0 Å². The molecule has 0 radical (unpaired) electrons. The number of nitrogen functional groups attached to an aromatic ring is 1. The van der Waals surface area contributed by atoms with Crippen LogP contribution in [-0.4, -0.2) is 12.8 Å². The number of anilines is 1. The maximum atomic E-state index is 11.3. The Bertz CT molecular complexity index is 862. The summed E-state index contributed by atoms with van der Waals surface area (Å²) in [7, 11) is 0. The summed E-state index contributed by atoms with van der Waals surface area (Å²) in [5.41, 5.74) is 16.5. The van der Waals surface area contributed by atoms with E-state index >= 15 is 0 Å². The third-order valence-electron chi connectivity index (χ3n) is 5.13. The van der Waals surface area contributed by atoms with Crippen molar-refractivity contribution in [3.05, 3.63) is 45.9 Å². The number of allylic oxidation sites excluding steroid dienone is 1. The van der Waals surface area contributed by atoms with Crippen LogP contribution in [0.1, 0.15) is 36.2 Å². The van der Waals surface area contributed by atoms with E-state index in [9.17, 15) is 4.79 Å². The van der Waals surface area contributed by atoms with Crippen molar-refractivity contribution in [2.24, 2.45) is 11.7 Å². The molecule has 23 heavy (non-hydrogen) atoms. The molecule has 2 unspecified atom stereocenters. The summed E-state index contributed by atoms with van der Waals surface area (Å²) in [4.78, 5) is 11.3. The van der Waals surface area contributed by atoms with Gasteiger partial charge in [0, 0.05) is 0 Å². The number of halogens is 1. The van der Waals surface area contributed by atoms with E-state index in [4.69, 9.17) is 23.1 Å². The van der Waals surface area contributed by atoms with Crippen molar-refractivity contribution in [2.75, 3.05) is 5.73 Å². The van der Waals surface area contributed by atoms with Gasteiger partial charge in [0.2, 0.25) is 0 Å². The van der Waals surface area contributed by atoms with Gasteiger partial charge in [0.05, 0.1) is 0 Å². The van der Waals surface area contributed by atoms with E-state index in [1.54, 1.807) is 0 Å². The Labute approximate surface area is 140 Å². The summed E-state index contributed by atoms with van der Waals surface area (Å²) in [6.07, 6.45) is 5.59.